The summed E-state index contributed by atoms with van der Waals surface area (Å²) >= 11 is 15.4. The van der Waals surface area contributed by atoms with Gasteiger partial charge in [-0.2, -0.15) is 0 Å². The predicted molar refractivity (Wildman–Crippen MR) is 80.0 cm³/mol. The molecule has 1 nitrogen and oxygen atoms in total. The Kier molecular flexibility index (Phi) is 4.55. The Balaban J connectivity index is 2.40. The van der Waals surface area contributed by atoms with E-state index in [9.17, 15) is 0 Å². The summed E-state index contributed by atoms with van der Waals surface area (Å²) < 4.78 is 6.86. The number of halogens is 3. The van der Waals surface area contributed by atoms with Gasteiger partial charge in [-0.25, -0.2) is 0 Å². The fourth-order valence-electron chi connectivity index (χ4n) is 1.57. The fraction of sp³-hybridized carbons (Fsp3) is 0.143. The van der Waals surface area contributed by atoms with Crippen LogP contribution in [0, 0.1) is 6.92 Å². The van der Waals surface area contributed by atoms with Crippen LogP contribution >= 0.6 is 39.1 Å². The number of benzene rings is 2. The van der Waals surface area contributed by atoms with E-state index < -0.39 is 0 Å². The van der Waals surface area contributed by atoms with Crippen LogP contribution in [0.1, 0.15) is 11.1 Å². The van der Waals surface area contributed by atoms with Gasteiger partial charge >= 0.3 is 0 Å². The van der Waals surface area contributed by atoms with Gasteiger partial charge in [0.15, 0.2) is 0 Å². The summed E-state index contributed by atoms with van der Waals surface area (Å²) in [7, 11) is 0. The van der Waals surface area contributed by atoms with Crippen molar-refractivity contribution in [2.45, 2.75) is 12.8 Å². The SMILES string of the molecule is Cc1ccc(Br)cc1Oc1cccc(Cl)c1CCl. The Morgan fingerprint density at radius 1 is 1.17 bits per heavy atom. The largest absolute Gasteiger partial charge is 0.457 e. The highest BCUT2D eigenvalue weighted by molar-refractivity contribution is 9.10. The molecule has 0 saturated carbocycles. The van der Waals surface area contributed by atoms with Gasteiger partial charge in [0.05, 0.1) is 5.88 Å². The van der Waals surface area contributed by atoms with Crippen LogP contribution in [0.4, 0.5) is 0 Å². The molecule has 94 valence electrons. The lowest BCUT2D eigenvalue weighted by Crippen LogP contribution is -1.92. The van der Waals surface area contributed by atoms with Gasteiger partial charge < -0.3 is 4.74 Å². The normalized spacial score (nSPS) is 10.4. The first-order valence-electron chi connectivity index (χ1n) is 5.39. The highest BCUT2D eigenvalue weighted by atomic mass is 79.9. The second-order valence-electron chi connectivity index (χ2n) is 3.86. The van der Waals surface area contributed by atoms with E-state index in [1.54, 1.807) is 6.07 Å². The van der Waals surface area contributed by atoms with E-state index >= 15 is 0 Å². The van der Waals surface area contributed by atoms with Crippen molar-refractivity contribution in [3.05, 3.63) is 57.0 Å². The molecule has 0 saturated heterocycles. The Hall–Kier alpha value is -0.700. The first-order valence-corrected chi connectivity index (χ1v) is 7.09. The van der Waals surface area contributed by atoms with Gasteiger partial charge in [0.1, 0.15) is 11.5 Å². The summed E-state index contributed by atoms with van der Waals surface area (Å²) in [6.07, 6.45) is 0. The quantitative estimate of drug-likeness (QED) is 0.625. The first kappa shape index (κ1) is 13.7. The monoisotopic (exact) mass is 344 g/mol. The second-order valence-corrected chi connectivity index (χ2v) is 5.45. The van der Waals surface area contributed by atoms with E-state index in [1.807, 2.05) is 37.3 Å². The maximum Gasteiger partial charge on any atom is 0.133 e. The second kappa shape index (κ2) is 5.96. The molecule has 0 fully saturated rings. The topological polar surface area (TPSA) is 9.23 Å². The lowest BCUT2D eigenvalue weighted by atomic mass is 10.2. The molecule has 0 aromatic heterocycles. The third kappa shape index (κ3) is 3.00. The third-order valence-electron chi connectivity index (χ3n) is 2.58. The third-order valence-corrected chi connectivity index (χ3v) is 3.69. The molecule has 2 rings (SSSR count). The summed E-state index contributed by atoms with van der Waals surface area (Å²) in [5.74, 6) is 1.80. The van der Waals surface area contributed by atoms with Gasteiger partial charge in [-0.05, 0) is 36.8 Å². The number of aryl methyl sites for hydroxylation is 1. The standard InChI is InChI=1S/C14H11BrCl2O/c1-9-5-6-10(15)7-14(9)18-13-4-2-3-12(17)11(13)8-16/h2-7H,8H2,1H3. The van der Waals surface area contributed by atoms with Crippen molar-refractivity contribution in [2.24, 2.45) is 0 Å². The molecule has 0 aliphatic carbocycles. The molecule has 0 heterocycles. The van der Waals surface area contributed by atoms with Crippen molar-refractivity contribution >= 4 is 39.1 Å². The minimum Gasteiger partial charge on any atom is -0.457 e. The highest BCUT2D eigenvalue weighted by Crippen LogP contribution is 2.34. The average molecular weight is 346 g/mol. The number of ether oxygens (including phenoxy) is 1. The van der Waals surface area contributed by atoms with Crippen LogP contribution in [0.15, 0.2) is 40.9 Å². The van der Waals surface area contributed by atoms with E-state index in [0.717, 1.165) is 21.3 Å². The summed E-state index contributed by atoms with van der Waals surface area (Å²) in [6, 6.07) is 11.4. The molecule has 0 aliphatic heterocycles. The van der Waals surface area contributed by atoms with E-state index in [4.69, 9.17) is 27.9 Å². The Morgan fingerprint density at radius 2 is 1.94 bits per heavy atom. The summed E-state index contributed by atoms with van der Waals surface area (Å²) in [5.41, 5.74) is 1.86. The molecule has 4 heteroatoms. The molecule has 0 aliphatic rings. The minimum absolute atomic E-state index is 0.321. The number of alkyl halides is 1. The van der Waals surface area contributed by atoms with Crippen LogP contribution in [0.2, 0.25) is 5.02 Å². The molecule has 0 bridgehead atoms. The van der Waals surface area contributed by atoms with Crippen LogP contribution in [0.5, 0.6) is 11.5 Å². The van der Waals surface area contributed by atoms with Crippen molar-refractivity contribution in [3.63, 3.8) is 0 Å². The Morgan fingerprint density at radius 3 is 2.67 bits per heavy atom. The maximum absolute atomic E-state index is 6.09. The summed E-state index contributed by atoms with van der Waals surface area (Å²) in [5, 5.41) is 0.621. The molecular weight excluding hydrogens is 335 g/mol. The predicted octanol–water partition coefficient (Wildman–Crippen LogP) is 5.94. The van der Waals surface area contributed by atoms with Gasteiger partial charge in [0, 0.05) is 15.1 Å². The van der Waals surface area contributed by atoms with Crippen molar-refractivity contribution in [3.8, 4) is 11.5 Å². The highest BCUT2D eigenvalue weighted by Gasteiger charge is 2.09. The van der Waals surface area contributed by atoms with Crippen molar-refractivity contribution in [1.82, 2.24) is 0 Å². The van der Waals surface area contributed by atoms with Crippen molar-refractivity contribution < 1.29 is 4.74 Å². The van der Waals surface area contributed by atoms with Gasteiger partial charge in [-0.1, -0.05) is 39.7 Å². The zero-order valence-electron chi connectivity index (χ0n) is 9.71. The zero-order chi connectivity index (χ0) is 13.1. The molecule has 2 aromatic carbocycles. The average Bonchev–Trinajstić information content (AvgIpc) is 2.34. The first-order chi connectivity index (χ1) is 8.61. The van der Waals surface area contributed by atoms with Gasteiger partial charge in [-0.3, -0.25) is 0 Å². The number of hydrogen-bond acceptors (Lipinski definition) is 1. The Bertz CT molecular complexity index is 570. The number of hydrogen-bond donors (Lipinski definition) is 0. The maximum atomic E-state index is 6.09. The van der Waals surface area contributed by atoms with E-state index in [-0.39, 0.29) is 0 Å². The summed E-state index contributed by atoms with van der Waals surface area (Å²) in [4.78, 5) is 0. The summed E-state index contributed by atoms with van der Waals surface area (Å²) in [6.45, 7) is 1.99. The van der Waals surface area contributed by atoms with E-state index in [0.29, 0.717) is 16.7 Å². The zero-order valence-corrected chi connectivity index (χ0v) is 12.8. The molecule has 0 N–H and O–H groups in total. The van der Waals surface area contributed by atoms with Crippen molar-refractivity contribution in [1.29, 1.82) is 0 Å². The van der Waals surface area contributed by atoms with Gasteiger partial charge in [-0.15, -0.1) is 11.6 Å². The molecular formula is C14H11BrCl2O. The minimum atomic E-state index is 0.321. The van der Waals surface area contributed by atoms with Crippen LogP contribution in [0.25, 0.3) is 0 Å². The Labute approximate surface area is 125 Å². The van der Waals surface area contributed by atoms with Crippen LogP contribution < -0.4 is 4.74 Å². The molecule has 0 atom stereocenters. The van der Waals surface area contributed by atoms with Gasteiger partial charge in [0.25, 0.3) is 0 Å². The lowest BCUT2D eigenvalue weighted by molar-refractivity contribution is 0.474. The molecule has 0 amide bonds. The molecule has 0 spiro atoms. The molecule has 18 heavy (non-hydrogen) atoms. The molecule has 0 unspecified atom stereocenters. The lowest BCUT2D eigenvalue weighted by Gasteiger charge is -2.13. The van der Waals surface area contributed by atoms with Gasteiger partial charge in [0.2, 0.25) is 0 Å². The fourth-order valence-corrected chi connectivity index (χ4v) is 2.48. The molecule has 2 aromatic rings. The van der Waals surface area contributed by atoms with Crippen LogP contribution in [0.3, 0.4) is 0 Å². The van der Waals surface area contributed by atoms with E-state index in [1.165, 1.54) is 0 Å². The smallest absolute Gasteiger partial charge is 0.133 e. The van der Waals surface area contributed by atoms with Crippen LogP contribution in [-0.2, 0) is 5.88 Å². The number of rotatable bonds is 3. The van der Waals surface area contributed by atoms with E-state index in [2.05, 4.69) is 15.9 Å². The van der Waals surface area contributed by atoms with Crippen molar-refractivity contribution in [2.75, 3.05) is 0 Å². The molecule has 0 radical (unpaired) electrons. The van der Waals surface area contributed by atoms with Crippen LogP contribution in [-0.4, -0.2) is 0 Å².